The van der Waals surface area contributed by atoms with Gasteiger partial charge in [0, 0.05) is 11.6 Å². The third kappa shape index (κ3) is 4.64. The molecule has 8 nitrogen and oxygen atoms in total. The van der Waals surface area contributed by atoms with E-state index < -0.39 is 10.0 Å². The molecule has 4 rings (SSSR count). The van der Waals surface area contributed by atoms with Crippen LogP contribution in [0.4, 0.5) is 5.69 Å². The summed E-state index contributed by atoms with van der Waals surface area (Å²) in [6.45, 7) is 2.37. The summed E-state index contributed by atoms with van der Waals surface area (Å²) in [5, 5.41) is 7.95. The fourth-order valence-corrected chi connectivity index (χ4v) is 4.13. The molecule has 0 radical (unpaired) electrons. The number of aromatic nitrogens is 2. The lowest BCUT2D eigenvalue weighted by Crippen LogP contribution is -2.38. The van der Waals surface area contributed by atoms with Crippen molar-refractivity contribution in [1.82, 2.24) is 14.9 Å². The molecule has 4 N–H and O–H groups in total. The Hall–Kier alpha value is -2.75. The number of hydrogen-bond donors (Lipinski definition) is 3. The van der Waals surface area contributed by atoms with Gasteiger partial charge < -0.3 is 10.3 Å². The van der Waals surface area contributed by atoms with E-state index in [-0.39, 0.29) is 16.7 Å². The fourth-order valence-electron chi connectivity index (χ4n) is 3.62. The van der Waals surface area contributed by atoms with Gasteiger partial charge in [-0.25, -0.2) is 18.5 Å². The van der Waals surface area contributed by atoms with Crippen LogP contribution in [0.2, 0.25) is 0 Å². The van der Waals surface area contributed by atoms with Gasteiger partial charge in [0.1, 0.15) is 5.82 Å². The minimum absolute atomic E-state index is 0.0226. The predicted molar refractivity (Wildman–Crippen MR) is 111 cm³/mol. The number of sulfonamides is 1. The van der Waals surface area contributed by atoms with Crippen molar-refractivity contribution in [1.29, 1.82) is 0 Å². The van der Waals surface area contributed by atoms with Crippen LogP contribution in [0.25, 0.3) is 11.0 Å². The molecular weight excluding hydrogens is 390 g/mol. The number of piperidine rings is 1. The number of likely N-dealkylation sites (tertiary alicyclic amines) is 1. The first-order chi connectivity index (χ1) is 13.9. The standard InChI is InChI=1S/C20H23N5O3S/c21-29(27,28)16-7-5-15(6-8-16)22-20(26)14-9-11-25(12-10-14)13-19-23-17-3-1-2-4-18(17)24-19/h1-8,14H,9-13H2,(H,22,26)(H,23,24)(H2,21,27,28). The average molecular weight is 414 g/mol. The number of anilines is 1. The van der Waals surface area contributed by atoms with E-state index in [1.165, 1.54) is 12.1 Å². The average Bonchev–Trinajstić information content (AvgIpc) is 3.10. The Balaban J connectivity index is 1.30. The van der Waals surface area contributed by atoms with Crippen LogP contribution in [0.1, 0.15) is 18.7 Å². The van der Waals surface area contributed by atoms with Gasteiger partial charge in [-0.1, -0.05) is 12.1 Å². The third-order valence-electron chi connectivity index (χ3n) is 5.22. The van der Waals surface area contributed by atoms with Crippen molar-refractivity contribution in [2.75, 3.05) is 18.4 Å². The maximum atomic E-state index is 12.5. The molecule has 1 fully saturated rings. The van der Waals surface area contributed by atoms with Crippen LogP contribution in [0.5, 0.6) is 0 Å². The van der Waals surface area contributed by atoms with Gasteiger partial charge in [-0.15, -0.1) is 0 Å². The van der Waals surface area contributed by atoms with Crippen LogP contribution < -0.4 is 10.5 Å². The van der Waals surface area contributed by atoms with Gasteiger partial charge in [-0.05, 0) is 62.3 Å². The van der Waals surface area contributed by atoms with Crippen molar-refractivity contribution in [2.24, 2.45) is 11.1 Å². The van der Waals surface area contributed by atoms with Crippen LogP contribution in [0.3, 0.4) is 0 Å². The molecule has 1 aromatic heterocycles. The maximum absolute atomic E-state index is 12.5. The molecule has 9 heteroatoms. The molecule has 0 atom stereocenters. The number of H-pyrrole nitrogens is 1. The summed E-state index contributed by atoms with van der Waals surface area (Å²) in [5.74, 6) is 0.820. The summed E-state index contributed by atoms with van der Waals surface area (Å²) in [5.41, 5.74) is 2.56. The number of para-hydroxylation sites is 2. The van der Waals surface area contributed by atoms with E-state index in [1.54, 1.807) is 12.1 Å². The van der Waals surface area contributed by atoms with Crippen LogP contribution in [0.15, 0.2) is 53.4 Å². The number of rotatable bonds is 5. The molecule has 0 saturated carbocycles. The number of primary sulfonamides is 1. The van der Waals surface area contributed by atoms with Gasteiger partial charge in [0.25, 0.3) is 0 Å². The molecule has 152 valence electrons. The second-order valence-corrected chi connectivity index (χ2v) is 8.87. The molecule has 2 heterocycles. The molecule has 1 saturated heterocycles. The first kappa shape index (κ1) is 19.6. The van der Waals surface area contributed by atoms with Gasteiger partial charge in [0.2, 0.25) is 15.9 Å². The van der Waals surface area contributed by atoms with Crippen molar-refractivity contribution < 1.29 is 13.2 Å². The third-order valence-corrected chi connectivity index (χ3v) is 6.15. The summed E-state index contributed by atoms with van der Waals surface area (Å²) in [6, 6.07) is 13.8. The van der Waals surface area contributed by atoms with Crippen LogP contribution in [-0.2, 0) is 21.4 Å². The van der Waals surface area contributed by atoms with E-state index in [9.17, 15) is 13.2 Å². The lowest BCUT2D eigenvalue weighted by Gasteiger charge is -2.30. The van der Waals surface area contributed by atoms with E-state index in [4.69, 9.17) is 5.14 Å². The van der Waals surface area contributed by atoms with E-state index >= 15 is 0 Å². The number of carbonyl (C=O) groups excluding carboxylic acids is 1. The van der Waals surface area contributed by atoms with Gasteiger partial charge >= 0.3 is 0 Å². The van der Waals surface area contributed by atoms with Gasteiger partial charge in [-0.2, -0.15) is 0 Å². The number of imidazole rings is 1. The highest BCUT2D eigenvalue weighted by Gasteiger charge is 2.25. The lowest BCUT2D eigenvalue weighted by atomic mass is 9.96. The van der Waals surface area contributed by atoms with Gasteiger partial charge in [0.05, 0.1) is 22.5 Å². The summed E-state index contributed by atoms with van der Waals surface area (Å²) in [4.78, 5) is 22.8. The Morgan fingerprint density at radius 1 is 1.14 bits per heavy atom. The first-order valence-electron chi connectivity index (χ1n) is 9.48. The Kier molecular flexibility index (Phi) is 5.35. The summed E-state index contributed by atoms with van der Waals surface area (Å²) in [7, 11) is -3.74. The maximum Gasteiger partial charge on any atom is 0.238 e. The predicted octanol–water partition coefficient (Wildman–Crippen LogP) is 2.06. The highest BCUT2D eigenvalue weighted by Crippen LogP contribution is 2.22. The molecule has 1 aliphatic rings. The molecule has 0 aliphatic carbocycles. The van der Waals surface area contributed by atoms with Crippen molar-refractivity contribution in [3.8, 4) is 0 Å². The number of aromatic amines is 1. The number of fused-ring (bicyclic) bond motifs is 1. The van der Waals surface area contributed by atoms with Crippen molar-refractivity contribution >= 4 is 32.7 Å². The fraction of sp³-hybridized carbons (Fsp3) is 0.300. The Labute approximate surface area is 169 Å². The van der Waals surface area contributed by atoms with Gasteiger partial charge in [-0.3, -0.25) is 9.69 Å². The lowest BCUT2D eigenvalue weighted by molar-refractivity contribution is -0.121. The zero-order valence-electron chi connectivity index (χ0n) is 15.8. The normalized spacial score (nSPS) is 16.2. The van der Waals surface area contributed by atoms with Crippen LogP contribution >= 0.6 is 0 Å². The number of nitrogens with two attached hydrogens (primary N) is 1. The Bertz CT molecular complexity index is 1080. The Morgan fingerprint density at radius 3 is 2.48 bits per heavy atom. The second kappa shape index (κ2) is 7.94. The van der Waals surface area contributed by atoms with Crippen LogP contribution in [0, 0.1) is 5.92 Å². The number of benzene rings is 2. The van der Waals surface area contributed by atoms with Gasteiger partial charge in [0.15, 0.2) is 0 Å². The molecule has 1 aliphatic heterocycles. The number of carbonyl (C=O) groups is 1. The second-order valence-electron chi connectivity index (χ2n) is 7.31. The largest absolute Gasteiger partial charge is 0.341 e. The van der Waals surface area contributed by atoms with Crippen molar-refractivity contribution in [3.63, 3.8) is 0 Å². The van der Waals surface area contributed by atoms with Crippen molar-refractivity contribution in [3.05, 3.63) is 54.4 Å². The molecule has 0 spiro atoms. The summed E-state index contributed by atoms with van der Waals surface area (Å²) >= 11 is 0. The zero-order chi connectivity index (χ0) is 20.4. The first-order valence-corrected chi connectivity index (χ1v) is 11.0. The molecule has 0 bridgehead atoms. The van der Waals surface area contributed by atoms with E-state index in [0.717, 1.165) is 49.3 Å². The molecule has 2 aromatic carbocycles. The Morgan fingerprint density at radius 2 is 1.83 bits per heavy atom. The number of nitrogens with zero attached hydrogens (tertiary/aromatic N) is 2. The minimum atomic E-state index is -3.74. The van der Waals surface area contributed by atoms with Crippen LogP contribution in [-0.4, -0.2) is 42.3 Å². The molecular formula is C20H23N5O3S. The number of hydrogen-bond acceptors (Lipinski definition) is 5. The molecule has 0 unspecified atom stereocenters. The number of nitrogens with one attached hydrogen (secondary N) is 2. The zero-order valence-corrected chi connectivity index (χ0v) is 16.7. The quantitative estimate of drug-likeness (QED) is 0.591. The molecule has 3 aromatic rings. The molecule has 29 heavy (non-hydrogen) atoms. The summed E-state index contributed by atoms with van der Waals surface area (Å²) in [6.07, 6.45) is 1.53. The highest BCUT2D eigenvalue weighted by atomic mass is 32.2. The summed E-state index contributed by atoms with van der Waals surface area (Å²) < 4.78 is 22.6. The minimum Gasteiger partial charge on any atom is -0.341 e. The monoisotopic (exact) mass is 413 g/mol. The highest BCUT2D eigenvalue weighted by molar-refractivity contribution is 7.89. The SMILES string of the molecule is NS(=O)(=O)c1ccc(NC(=O)C2CCN(Cc3nc4ccccc4[nH]3)CC2)cc1. The van der Waals surface area contributed by atoms with Crippen molar-refractivity contribution in [2.45, 2.75) is 24.3 Å². The molecule has 1 amide bonds. The smallest absolute Gasteiger partial charge is 0.238 e. The topological polar surface area (TPSA) is 121 Å². The van der Waals surface area contributed by atoms with E-state index in [2.05, 4.69) is 20.2 Å². The van der Waals surface area contributed by atoms with E-state index in [0.29, 0.717) is 5.69 Å². The van der Waals surface area contributed by atoms with E-state index in [1.807, 2.05) is 24.3 Å². The number of amides is 1.